The maximum Gasteiger partial charge on any atom is 0.255 e. The number of nitrogens with zero attached hydrogens (tertiary/aromatic N) is 3. The summed E-state index contributed by atoms with van der Waals surface area (Å²) in [6.07, 6.45) is 0. The smallest absolute Gasteiger partial charge is 0.255 e. The Bertz CT molecular complexity index is 933. The van der Waals surface area contributed by atoms with E-state index in [-0.39, 0.29) is 42.7 Å². The van der Waals surface area contributed by atoms with E-state index in [2.05, 4.69) is 21.1 Å². The molecule has 1 saturated heterocycles. The van der Waals surface area contributed by atoms with Crippen molar-refractivity contribution in [2.24, 2.45) is 0 Å². The predicted octanol–water partition coefficient (Wildman–Crippen LogP) is 2.85. The molecule has 1 aliphatic rings. The van der Waals surface area contributed by atoms with E-state index in [9.17, 15) is 13.2 Å². The van der Waals surface area contributed by atoms with Gasteiger partial charge in [-0.2, -0.15) is 4.31 Å². The first-order valence-electron chi connectivity index (χ1n) is 7.89. The van der Waals surface area contributed by atoms with Crippen LogP contribution in [0.4, 0.5) is 0 Å². The first kappa shape index (κ1) is 19.3. The first-order valence-corrected chi connectivity index (χ1v) is 10.5. The monoisotopic (exact) mass is 461 g/mol. The summed E-state index contributed by atoms with van der Waals surface area (Å²) in [5.41, 5.74) is 0.727. The number of hydrogen-bond acceptors (Lipinski definition) is 5. The number of amides is 1. The minimum Gasteiger partial charge on any atom is -0.360 e. The van der Waals surface area contributed by atoms with Gasteiger partial charge in [0.2, 0.25) is 10.0 Å². The second-order valence-electron chi connectivity index (χ2n) is 5.97. The highest BCUT2D eigenvalue weighted by Crippen LogP contribution is 2.26. The number of sulfonamides is 1. The highest BCUT2D eigenvalue weighted by Gasteiger charge is 2.34. The van der Waals surface area contributed by atoms with E-state index < -0.39 is 10.0 Å². The molecule has 140 valence electrons. The van der Waals surface area contributed by atoms with Crippen LogP contribution in [0.3, 0.4) is 0 Å². The van der Waals surface area contributed by atoms with E-state index in [1.165, 1.54) is 4.31 Å². The van der Waals surface area contributed by atoms with E-state index in [0.29, 0.717) is 16.3 Å². The van der Waals surface area contributed by atoms with Crippen molar-refractivity contribution in [2.75, 3.05) is 26.2 Å². The molecule has 0 radical (unpaired) electrons. The van der Waals surface area contributed by atoms with Crippen molar-refractivity contribution in [1.29, 1.82) is 0 Å². The van der Waals surface area contributed by atoms with Crippen LogP contribution in [0.25, 0.3) is 0 Å². The summed E-state index contributed by atoms with van der Waals surface area (Å²) >= 11 is 9.45. The minimum absolute atomic E-state index is 0.104. The minimum atomic E-state index is -3.70. The third-order valence-corrected chi connectivity index (χ3v) is 7.22. The number of carbonyl (C=O) groups is 1. The molecule has 1 amide bonds. The van der Waals surface area contributed by atoms with Crippen LogP contribution < -0.4 is 0 Å². The molecule has 0 unspecified atom stereocenters. The number of rotatable bonds is 3. The lowest BCUT2D eigenvalue weighted by Gasteiger charge is -2.34. The molecule has 26 heavy (non-hydrogen) atoms. The van der Waals surface area contributed by atoms with Gasteiger partial charge in [-0.3, -0.25) is 4.79 Å². The highest BCUT2D eigenvalue weighted by molar-refractivity contribution is 9.10. The van der Waals surface area contributed by atoms with Crippen LogP contribution in [-0.4, -0.2) is 54.9 Å². The average Bonchev–Trinajstić information content (AvgIpc) is 2.95. The van der Waals surface area contributed by atoms with Gasteiger partial charge in [-0.1, -0.05) is 32.7 Å². The van der Waals surface area contributed by atoms with Crippen molar-refractivity contribution < 1.29 is 17.7 Å². The van der Waals surface area contributed by atoms with Crippen LogP contribution in [0.2, 0.25) is 5.02 Å². The number of benzene rings is 1. The zero-order valence-corrected chi connectivity index (χ0v) is 17.4. The van der Waals surface area contributed by atoms with Crippen molar-refractivity contribution in [3.05, 3.63) is 44.7 Å². The Morgan fingerprint density at radius 1 is 1.23 bits per heavy atom. The molecule has 1 aromatic carbocycles. The zero-order chi connectivity index (χ0) is 19.1. The van der Waals surface area contributed by atoms with Gasteiger partial charge in [0.25, 0.3) is 5.91 Å². The van der Waals surface area contributed by atoms with Crippen LogP contribution in [0.15, 0.2) is 32.1 Å². The van der Waals surface area contributed by atoms with E-state index in [1.807, 2.05) is 0 Å². The van der Waals surface area contributed by atoms with Crippen molar-refractivity contribution in [3.8, 4) is 0 Å². The van der Waals surface area contributed by atoms with E-state index >= 15 is 0 Å². The maximum atomic E-state index is 12.8. The number of carbonyl (C=O) groups excluding carboxylic acids is 1. The molecule has 1 aliphatic heterocycles. The molecular weight excluding hydrogens is 446 g/mol. The molecule has 2 heterocycles. The Morgan fingerprint density at radius 2 is 1.88 bits per heavy atom. The Morgan fingerprint density at radius 3 is 2.46 bits per heavy atom. The third kappa shape index (κ3) is 3.53. The van der Waals surface area contributed by atoms with Crippen LogP contribution in [-0.2, 0) is 10.0 Å². The number of halogens is 2. The summed E-state index contributed by atoms with van der Waals surface area (Å²) in [5.74, 6) is 0.0487. The quantitative estimate of drug-likeness (QED) is 0.700. The summed E-state index contributed by atoms with van der Waals surface area (Å²) in [5, 5.41) is 4.08. The van der Waals surface area contributed by atoms with Gasteiger partial charge in [-0.15, -0.1) is 0 Å². The van der Waals surface area contributed by atoms with Crippen molar-refractivity contribution in [1.82, 2.24) is 14.4 Å². The summed E-state index contributed by atoms with van der Waals surface area (Å²) in [4.78, 5) is 14.4. The lowest BCUT2D eigenvalue weighted by Crippen LogP contribution is -2.50. The molecular formula is C16H17BrClN3O4S. The van der Waals surface area contributed by atoms with E-state index in [1.54, 1.807) is 36.9 Å². The van der Waals surface area contributed by atoms with Crippen molar-refractivity contribution in [2.45, 2.75) is 18.7 Å². The molecule has 0 bridgehead atoms. The standard InChI is InChI=1S/C16H17BrClN3O4S/c1-10-15(11(2)25-19-10)26(23,24)21-7-5-20(6-8-21)16(22)13-9-12(17)3-4-14(13)18/h3-4,9H,5-8H2,1-2H3. The fourth-order valence-corrected chi connectivity index (χ4v) is 5.21. The predicted molar refractivity (Wildman–Crippen MR) is 99.8 cm³/mol. The molecule has 1 fully saturated rings. The Hall–Kier alpha value is -1.42. The van der Waals surface area contributed by atoms with Gasteiger partial charge in [0.1, 0.15) is 10.6 Å². The van der Waals surface area contributed by atoms with Gasteiger partial charge < -0.3 is 9.42 Å². The van der Waals surface area contributed by atoms with Gasteiger partial charge in [-0.05, 0) is 32.0 Å². The zero-order valence-electron chi connectivity index (χ0n) is 14.2. The van der Waals surface area contributed by atoms with Crippen molar-refractivity contribution >= 4 is 43.5 Å². The molecule has 0 aliphatic carbocycles. The van der Waals surface area contributed by atoms with Gasteiger partial charge in [-0.25, -0.2) is 8.42 Å². The lowest BCUT2D eigenvalue weighted by atomic mass is 10.2. The summed E-state index contributed by atoms with van der Waals surface area (Å²) < 4.78 is 32.7. The number of piperazine rings is 1. The maximum absolute atomic E-state index is 12.8. The van der Waals surface area contributed by atoms with Gasteiger partial charge >= 0.3 is 0 Å². The lowest BCUT2D eigenvalue weighted by molar-refractivity contribution is 0.0698. The Balaban J connectivity index is 1.75. The van der Waals surface area contributed by atoms with Crippen LogP contribution in [0, 0.1) is 13.8 Å². The van der Waals surface area contributed by atoms with Gasteiger partial charge in [0, 0.05) is 30.7 Å². The molecule has 0 atom stereocenters. The normalized spacial score (nSPS) is 16.1. The molecule has 0 N–H and O–H groups in total. The number of aryl methyl sites for hydroxylation is 2. The molecule has 0 saturated carbocycles. The second kappa shape index (κ2) is 7.30. The largest absolute Gasteiger partial charge is 0.360 e. The molecule has 2 aromatic rings. The first-order chi connectivity index (χ1) is 12.2. The summed E-state index contributed by atoms with van der Waals surface area (Å²) in [7, 11) is -3.70. The molecule has 3 rings (SSSR count). The fraction of sp³-hybridized carbons (Fsp3) is 0.375. The topological polar surface area (TPSA) is 83.7 Å². The Labute approximate surface area is 165 Å². The average molecular weight is 463 g/mol. The third-order valence-electron chi connectivity index (χ3n) is 4.25. The van der Waals surface area contributed by atoms with Crippen LogP contribution in [0.5, 0.6) is 0 Å². The highest BCUT2D eigenvalue weighted by atomic mass is 79.9. The molecule has 0 spiro atoms. The number of aromatic nitrogens is 1. The molecule has 7 nitrogen and oxygen atoms in total. The molecule has 1 aromatic heterocycles. The number of hydrogen-bond donors (Lipinski definition) is 0. The van der Waals surface area contributed by atoms with Crippen LogP contribution >= 0.6 is 27.5 Å². The summed E-state index contributed by atoms with van der Waals surface area (Å²) in [6, 6.07) is 5.07. The summed E-state index contributed by atoms with van der Waals surface area (Å²) in [6.45, 7) is 4.13. The van der Waals surface area contributed by atoms with Gasteiger partial charge in [0.05, 0.1) is 10.6 Å². The second-order valence-corrected chi connectivity index (χ2v) is 9.17. The van der Waals surface area contributed by atoms with E-state index in [0.717, 1.165) is 4.47 Å². The van der Waals surface area contributed by atoms with Gasteiger partial charge in [0.15, 0.2) is 5.76 Å². The van der Waals surface area contributed by atoms with Crippen LogP contribution in [0.1, 0.15) is 21.8 Å². The SMILES string of the molecule is Cc1noc(C)c1S(=O)(=O)N1CCN(C(=O)c2cc(Br)ccc2Cl)CC1. The van der Waals surface area contributed by atoms with Crippen molar-refractivity contribution in [3.63, 3.8) is 0 Å². The molecule has 10 heteroatoms. The van der Waals surface area contributed by atoms with E-state index in [4.69, 9.17) is 16.1 Å². The Kier molecular flexibility index (Phi) is 5.43. The fourth-order valence-electron chi connectivity index (χ4n) is 2.94.